The van der Waals surface area contributed by atoms with Crippen molar-refractivity contribution in [2.75, 3.05) is 0 Å². The molecular weight excluding hydrogens is 276 g/mol. The van der Waals surface area contributed by atoms with Gasteiger partial charge in [0.1, 0.15) is 0 Å². The molecule has 0 saturated heterocycles. The van der Waals surface area contributed by atoms with E-state index in [9.17, 15) is 0 Å². The molecule has 4 nitrogen and oxygen atoms in total. The summed E-state index contributed by atoms with van der Waals surface area (Å²) >= 11 is 0. The third-order valence-electron chi connectivity index (χ3n) is 2.09. The fourth-order valence-corrected chi connectivity index (χ4v) is 1.43. The number of halogens is 1. The summed E-state index contributed by atoms with van der Waals surface area (Å²) < 4.78 is 0. The van der Waals surface area contributed by atoms with Crippen molar-refractivity contribution in [2.45, 2.75) is 6.42 Å². The normalized spacial score (nSPS) is 7.20. The summed E-state index contributed by atoms with van der Waals surface area (Å²) in [7, 11) is 0. The van der Waals surface area contributed by atoms with Gasteiger partial charge in [0, 0.05) is 0 Å². The lowest BCUT2D eigenvalue weighted by atomic mass is 10.1. The Labute approximate surface area is 123 Å². The lowest BCUT2D eigenvalue weighted by molar-refractivity contribution is 0.562. The van der Waals surface area contributed by atoms with Crippen LogP contribution in [-0.2, 0) is 16.0 Å². The molecule has 104 valence electrons. The molecule has 0 bridgehead atoms. The third kappa shape index (κ3) is 10.6. The van der Waals surface area contributed by atoms with Crippen molar-refractivity contribution in [3.8, 4) is 0 Å². The average molecular weight is 291 g/mol. The first-order valence-corrected chi connectivity index (χ1v) is 5.44. The molecule has 0 aliphatic heterocycles. The highest BCUT2D eigenvalue weighted by Crippen LogP contribution is 2.07. The topological polar surface area (TPSA) is 81.8 Å². The summed E-state index contributed by atoms with van der Waals surface area (Å²) in [6, 6.07) is 21.1. The first kappa shape index (κ1) is 19.8. The monoisotopic (exact) mass is 290 g/mol. The lowest BCUT2D eigenvalue weighted by Crippen LogP contribution is -1.85. The Bertz CT molecular complexity index is 469. The minimum absolute atomic E-state index is 0. The zero-order valence-electron chi connectivity index (χ0n) is 10.7. The summed E-state index contributed by atoms with van der Waals surface area (Å²) in [5, 5.41) is 10.8. The van der Waals surface area contributed by atoms with Gasteiger partial charge >= 0.3 is 0 Å². The van der Waals surface area contributed by atoms with Crippen LogP contribution in [0.4, 0.5) is 0 Å². The molecule has 0 saturated carbocycles. The second-order valence-corrected chi connectivity index (χ2v) is 3.35. The molecule has 2 rings (SSSR count). The summed E-state index contributed by atoms with van der Waals surface area (Å²) in [6.07, 6.45) is 2.53. The molecule has 2 aromatic carbocycles. The van der Waals surface area contributed by atoms with Gasteiger partial charge in [-0.1, -0.05) is 60.7 Å². The van der Waals surface area contributed by atoms with Crippen LogP contribution in [0.5, 0.6) is 0 Å². The summed E-state index contributed by atoms with van der Waals surface area (Å²) in [5.74, 6) is 0. The fourth-order valence-electron chi connectivity index (χ4n) is 1.43. The zero-order valence-corrected chi connectivity index (χ0v) is 11.5. The smallest absolute Gasteiger partial charge is 0.222 e. The summed E-state index contributed by atoms with van der Waals surface area (Å²) in [6.45, 7) is 0. The minimum atomic E-state index is 0. The molecule has 0 unspecified atom stereocenters. The van der Waals surface area contributed by atoms with Crippen molar-refractivity contribution < 1.29 is 9.59 Å². The van der Waals surface area contributed by atoms with Gasteiger partial charge in [-0.25, -0.2) is 20.4 Å². The summed E-state index contributed by atoms with van der Waals surface area (Å²) in [5.41, 5.74) is 2.74. The highest BCUT2D eigenvalue weighted by atomic mass is 35.5. The van der Waals surface area contributed by atoms with Crippen LogP contribution >= 0.6 is 12.4 Å². The minimum Gasteiger partial charge on any atom is -0.222 e. The van der Waals surface area contributed by atoms with Gasteiger partial charge in [-0.3, -0.25) is 0 Å². The standard InChI is InChI=1S/C13H12.2CHNO.ClH/c1-3-7-12(8-4-1)11-13-9-5-2-6-10-13;2*2-1-3;/h1-10H,11H2;2*2H;1H. The summed E-state index contributed by atoms with van der Waals surface area (Å²) in [4.78, 5) is 16.7. The Morgan fingerprint density at radius 2 is 0.950 bits per heavy atom. The van der Waals surface area contributed by atoms with Crippen molar-refractivity contribution in [3.63, 3.8) is 0 Å². The Balaban J connectivity index is 0. The van der Waals surface area contributed by atoms with E-state index in [1.54, 1.807) is 0 Å². The Hall–Kier alpha value is -2.51. The van der Waals surface area contributed by atoms with Gasteiger partial charge in [0.2, 0.25) is 12.2 Å². The van der Waals surface area contributed by atoms with Crippen molar-refractivity contribution in [3.05, 3.63) is 71.8 Å². The van der Waals surface area contributed by atoms with Gasteiger partial charge in [0.05, 0.1) is 0 Å². The molecule has 0 radical (unpaired) electrons. The van der Waals surface area contributed by atoms with Gasteiger partial charge < -0.3 is 0 Å². The molecule has 0 aliphatic rings. The van der Waals surface area contributed by atoms with Crippen LogP contribution in [0.25, 0.3) is 0 Å². The number of benzene rings is 2. The zero-order chi connectivity index (χ0) is 14.3. The SMILES string of the molecule is Cl.N=C=O.N=C=O.c1ccc(Cc2ccccc2)cc1. The molecule has 0 fully saturated rings. The Morgan fingerprint density at radius 3 is 1.20 bits per heavy atom. The number of carbonyl (C=O) groups excluding carboxylic acids is 2. The Kier molecular flexibility index (Phi) is 14.4. The van der Waals surface area contributed by atoms with Gasteiger partial charge in [-0.05, 0) is 17.5 Å². The molecule has 0 amide bonds. The number of rotatable bonds is 2. The quantitative estimate of drug-likeness (QED) is 0.655. The van der Waals surface area contributed by atoms with E-state index in [1.807, 2.05) is 0 Å². The van der Waals surface area contributed by atoms with Crippen LogP contribution in [0.15, 0.2) is 60.7 Å². The average Bonchev–Trinajstić information content (AvgIpc) is 2.43. The second-order valence-electron chi connectivity index (χ2n) is 3.35. The van der Waals surface area contributed by atoms with Crippen LogP contribution in [-0.4, -0.2) is 12.2 Å². The molecule has 0 heterocycles. The van der Waals surface area contributed by atoms with E-state index in [2.05, 4.69) is 60.7 Å². The molecule has 20 heavy (non-hydrogen) atoms. The molecular formula is C15H15ClN2O2. The number of isocyanates is 2. The maximum Gasteiger partial charge on any atom is 0.231 e. The molecule has 0 atom stereocenters. The van der Waals surface area contributed by atoms with Crippen molar-refractivity contribution in [2.24, 2.45) is 0 Å². The maximum absolute atomic E-state index is 8.35. The van der Waals surface area contributed by atoms with Crippen molar-refractivity contribution in [1.82, 2.24) is 0 Å². The van der Waals surface area contributed by atoms with Gasteiger partial charge in [0.25, 0.3) is 0 Å². The van der Waals surface area contributed by atoms with Crippen LogP contribution in [0.3, 0.4) is 0 Å². The molecule has 2 aromatic rings. The van der Waals surface area contributed by atoms with Crippen LogP contribution in [0.1, 0.15) is 11.1 Å². The van der Waals surface area contributed by atoms with E-state index in [4.69, 9.17) is 20.4 Å². The predicted molar refractivity (Wildman–Crippen MR) is 79.8 cm³/mol. The molecule has 5 heteroatoms. The molecule has 0 spiro atoms. The number of hydrogen-bond acceptors (Lipinski definition) is 4. The van der Waals surface area contributed by atoms with E-state index in [1.165, 1.54) is 11.1 Å². The van der Waals surface area contributed by atoms with E-state index < -0.39 is 0 Å². The van der Waals surface area contributed by atoms with Crippen molar-refractivity contribution >= 4 is 24.6 Å². The van der Waals surface area contributed by atoms with Gasteiger partial charge in [-0.15, -0.1) is 12.4 Å². The molecule has 0 aromatic heterocycles. The molecule has 2 N–H and O–H groups in total. The van der Waals surface area contributed by atoms with Crippen molar-refractivity contribution in [1.29, 1.82) is 10.8 Å². The highest BCUT2D eigenvalue weighted by molar-refractivity contribution is 5.85. The largest absolute Gasteiger partial charge is 0.231 e. The van der Waals surface area contributed by atoms with E-state index in [-0.39, 0.29) is 12.4 Å². The van der Waals surface area contributed by atoms with E-state index in [0.29, 0.717) is 0 Å². The molecule has 0 aliphatic carbocycles. The maximum atomic E-state index is 8.35. The number of hydrogen-bond donors (Lipinski definition) is 2. The highest BCUT2D eigenvalue weighted by Gasteiger charge is 1.92. The van der Waals surface area contributed by atoms with Gasteiger partial charge in [-0.2, -0.15) is 0 Å². The lowest BCUT2D eigenvalue weighted by Gasteiger charge is -2.00. The number of nitrogens with one attached hydrogen (secondary N) is 2. The van der Waals surface area contributed by atoms with E-state index >= 15 is 0 Å². The first-order valence-electron chi connectivity index (χ1n) is 5.44. The van der Waals surface area contributed by atoms with Crippen LogP contribution in [0.2, 0.25) is 0 Å². The fraction of sp³-hybridized carbons (Fsp3) is 0.0667. The first-order chi connectivity index (χ1) is 9.28. The van der Waals surface area contributed by atoms with Gasteiger partial charge in [0.15, 0.2) is 0 Å². The third-order valence-corrected chi connectivity index (χ3v) is 2.09. The van der Waals surface area contributed by atoms with Crippen LogP contribution < -0.4 is 0 Å². The van der Waals surface area contributed by atoms with Crippen LogP contribution in [0, 0.1) is 10.8 Å². The second kappa shape index (κ2) is 14.6. The predicted octanol–water partition coefficient (Wildman–Crippen LogP) is 3.50. The Morgan fingerprint density at radius 1 is 0.700 bits per heavy atom. The van der Waals surface area contributed by atoms with E-state index in [0.717, 1.165) is 18.6 Å².